The van der Waals surface area contributed by atoms with Crippen LogP contribution in [0.1, 0.15) is 22.3 Å². The first-order valence-corrected chi connectivity index (χ1v) is 37.3. The van der Waals surface area contributed by atoms with Gasteiger partial charge in [0, 0.05) is 87.3 Å². The predicted octanol–water partition coefficient (Wildman–Crippen LogP) is 25.0. The fraction of sp³-hybridized carbons (Fsp3) is 0.0101. The number of hydrogen-bond acceptors (Lipinski definition) is 7. The van der Waals surface area contributed by atoms with Crippen LogP contribution in [0.15, 0.2) is 376 Å². The number of rotatable bonds is 10. The number of para-hydroxylation sites is 2. The second kappa shape index (κ2) is 25.6. The number of benzene rings is 16. The summed E-state index contributed by atoms with van der Waals surface area (Å²) in [5.41, 5.74) is 19.6. The van der Waals surface area contributed by atoms with E-state index in [1.54, 1.807) is 0 Å². The van der Waals surface area contributed by atoms with Gasteiger partial charge >= 0.3 is 0 Å². The number of nitrogens with zero attached hydrogens (tertiary/aromatic N) is 8. The van der Waals surface area contributed by atoms with Crippen LogP contribution >= 0.6 is 11.3 Å². The molecular formula is C99H62N8S. The van der Waals surface area contributed by atoms with Crippen molar-refractivity contribution in [3.8, 4) is 90.8 Å². The third-order valence-corrected chi connectivity index (χ3v) is 22.7. The lowest BCUT2D eigenvalue weighted by Crippen LogP contribution is -2.29. The summed E-state index contributed by atoms with van der Waals surface area (Å²) in [4.78, 5) is 29.8. The maximum atomic E-state index is 5.05. The minimum absolute atomic E-state index is 0.602. The van der Waals surface area contributed by atoms with Crippen molar-refractivity contribution < 1.29 is 0 Å². The lowest BCUT2D eigenvalue weighted by atomic mass is 9.67. The van der Waals surface area contributed by atoms with Gasteiger partial charge in [-0.15, -0.1) is 11.3 Å². The lowest BCUT2D eigenvalue weighted by Gasteiger charge is -2.35. The smallest absolute Gasteiger partial charge is 0.164 e. The van der Waals surface area contributed by atoms with Crippen LogP contribution in [0.5, 0.6) is 0 Å². The second-order valence-corrected chi connectivity index (χ2v) is 28.5. The molecular weight excluding hydrogens is 1330 g/mol. The molecule has 5 aromatic heterocycles. The van der Waals surface area contributed by atoms with Crippen LogP contribution in [-0.4, -0.2) is 39.0 Å². The third-order valence-electron chi connectivity index (χ3n) is 21.5. The fourth-order valence-electron chi connectivity index (χ4n) is 16.9. The predicted molar refractivity (Wildman–Crippen MR) is 446 cm³/mol. The normalized spacial score (nSPS) is 12.3. The molecule has 0 saturated heterocycles. The van der Waals surface area contributed by atoms with Gasteiger partial charge in [0.2, 0.25) is 0 Å². The van der Waals surface area contributed by atoms with E-state index >= 15 is 0 Å². The van der Waals surface area contributed by atoms with Gasteiger partial charge in [0.05, 0.1) is 32.2 Å². The van der Waals surface area contributed by atoms with Crippen LogP contribution in [0.4, 0.5) is 0 Å². The fourth-order valence-corrected chi connectivity index (χ4v) is 18.2. The molecule has 0 bridgehead atoms. The first-order valence-electron chi connectivity index (χ1n) is 36.5. The second-order valence-electron chi connectivity index (χ2n) is 27.5. The van der Waals surface area contributed by atoms with E-state index in [0.717, 1.165) is 50.3 Å². The number of thiophene rings is 1. The Hall–Kier alpha value is -14.1. The summed E-state index contributed by atoms with van der Waals surface area (Å²) in [6.07, 6.45) is 0. The average molecular weight is 1400 g/mol. The Morgan fingerprint density at radius 3 is 1.00 bits per heavy atom. The molecule has 0 saturated carbocycles. The van der Waals surface area contributed by atoms with Gasteiger partial charge < -0.3 is 9.13 Å². The molecule has 0 aliphatic heterocycles. The zero-order valence-electron chi connectivity index (χ0n) is 58.3. The molecule has 21 aromatic rings. The standard InChI is InChI=1S/C56H36N4.C43H26N4S/c1-5-19-37(20-6-1)53-57-54(38-21-7-2-8-22-38)59-55(58-53)39-33-35-42(36-34-39)60-48-32-18-16-30-46(48)50-44-28-14-13-27-43(44)49-45-29-15-17-31-47(45)56(51(49)52(50)60,40-23-9-3-10-24-40)41-25-11-4-12-26-41;1-3-13-27(14-4-1)41-44-42(28-15-5-2-6-16-28)46-43(45-41)29-23-25-30(26-24-29)47-35-21-11-9-19-33(35)37-31-17-7-8-18-32(31)38-34-20-10-12-22-36(34)48-40(38)39(37)47/h1-36H;1-26H. The Kier molecular flexibility index (Phi) is 14.8. The molecule has 16 aromatic carbocycles. The maximum absolute atomic E-state index is 5.05. The molecule has 108 heavy (non-hydrogen) atoms. The van der Waals surface area contributed by atoms with E-state index in [-0.39, 0.29) is 0 Å². The van der Waals surface area contributed by atoms with Gasteiger partial charge in [-0.2, -0.15) is 0 Å². The van der Waals surface area contributed by atoms with Gasteiger partial charge in [0.1, 0.15) is 0 Å². The molecule has 0 radical (unpaired) electrons. The van der Waals surface area contributed by atoms with Gasteiger partial charge in [0.25, 0.3) is 0 Å². The van der Waals surface area contributed by atoms with Crippen molar-refractivity contribution in [3.05, 3.63) is 398 Å². The highest BCUT2D eigenvalue weighted by molar-refractivity contribution is 7.27. The third kappa shape index (κ3) is 9.97. The number of aromatic nitrogens is 8. The Morgan fingerprint density at radius 2 is 0.556 bits per heavy atom. The Balaban J connectivity index is 0.000000141. The first kappa shape index (κ1) is 62.4. The van der Waals surface area contributed by atoms with Crippen molar-refractivity contribution in [1.82, 2.24) is 39.0 Å². The molecule has 5 heterocycles. The lowest BCUT2D eigenvalue weighted by molar-refractivity contribution is 0.772. The molecule has 0 amide bonds. The van der Waals surface area contributed by atoms with Crippen LogP contribution in [0.3, 0.4) is 0 Å². The van der Waals surface area contributed by atoms with E-state index in [4.69, 9.17) is 29.9 Å². The summed E-state index contributed by atoms with van der Waals surface area (Å²) in [7, 11) is 0. The van der Waals surface area contributed by atoms with Gasteiger partial charge in [-0.05, 0) is 116 Å². The van der Waals surface area contributed by atoms with Gasteiger partial charge in [0.15, 0.2) is 34.9 Å². The topological polar surface area (TPSA) is 87.2 Å². The molecule has 0 unspecified atom stereocenters. The van der Waals surface area contributed by atoms with Crippen LogP contribution in [-0.2, 0) is 5.41 Å². The van der Waals surface area contributed by atoms with E-state index in [0.29, 0.717) is 34.9 Å². The molecule has 1 aliphatic rings. The maximum Gasteiger partial charge on any atom is 0.164 e. The summed E-state index contributed by atoms with van der Waals surface area (Å²) >= 11 is 1.88. The zero-order valence-corrected chi connectivity index (χ0v) is 59.1. The van der Waals surface area contributed by atoms with Crippen molar-refractivity contribution in [2.75, 3.05) is 0 Å². The summed E-state index contributed by atoms with van der Waals surface area (Å²) in [6.45, 7) is 0. The molecule has 0 spiro atoms. The summed E-state index contributed by atoms with van der Waals surface area (Å²) < 4.78 is 7.56. The van der Waals surface area contributed by atoms with Crippen molar-refractivity contribution in [3.63, 3.8) is 0 Å². The number of hydrogen-bond donors (Lipinski definition) is 0. The molecule has 9 heteroatoms. The molecule has 504 valence electrons. The highest BCUT2D eigenvalue weighted by atomic mass is 32.1. The van der Waals surface area contributed by atoms with E-state index in [9.17, 15) is 0 Å². The Bertz CT molecular complexity index is 6910. The first-order chi connectivity index (χ1) is 53.6. The highest BCUT2D eigenvalue weighted by Crippen LogP contribution is 2.61. The van der Waals surface area contributed by atoms with Gasteiger partial charge in [-0.3, -0.25) is 0 Å². The van der Waals surface area contributed by atoms with E-state index in [1.165, 1.54) is 113 Å². The van der Waals surface area contributed by atoms with Gasteiger partial charge in [-0.1, -0.05) is 309 Å². The Morgan fingerprint density at radius 1 is 0.241 bits per heavy atom. The molecule has 1 aliphatic carbocycles. The SMILES string of the molecule is c1ccc(-c2nc(-c3ccccc3)nc(-c3ccc(-n4c5ccccc5c5c6ccccc6c6c(c54)C(c4ccccc4)(c4ccccc4)c4ccccc4-6)cc3)n2)cc1.c1ccc(-c2nc(-c3ccccc3)nc(-c3ccc(-n4c5ccccc5c5c6ccccc6c6c7ccccc7sc6c54)cc3)n2)cc1. The minimum Gasteiger partial charge on any atom is -0.309 e. The van der Waals surface area contributed by atoms with Crippen LogP contribution in [0.25, 0.3) is 176 Å². The molecule has 22 rings (SSSR count). The monoisotopic (exact) mass is 1390 g/mol. The molecule has 0 N–H and O–H groups in total. The van der Waals surface area contributed by atoms with E-state index < -0.39 is 5.41 Å². The van der Waals surface area contributed by atoms with E-state index in [2.05, 4.69) is 264 Å². The molecule has 0 fully saturated rings. The van der Waals surface area contributed by atoms with Crippen molar-refractivity contribution in [2.45, 2.75) is 5.41 Å². The summed E-state index contributed by atoms with van der Waals surface area (Å²) in [5, 5.41) is 12.7. The number of fused-ring (bicyclic) bond motifs is 20. The Labute approximate surface area is 626 Å². The molecule has 8 nitrogen and oxygen atoms in total. The zero-order chi connectivity index (χ0) is 71.2. The average Bonchev–Trinajstić information content (AvgIpc) is 1.50. The van der Waals surface area contributed by atoms with Crippen molar-refractivity contribution in [2.24, 2.45) is 0 Å². The van der Waals surface area contributed by atoms with Crippen LogP contribution in [0, 0.1) is 0 Å². The van der Waals surface area contributed by atoms with Crippen molar-refractivity contribution >= 4 is 96.7 Å². The highest BCUT2D eigenvalue weighted by Gasteiger charge is 2.49. The van der Waals surface area contributed by atoms with Crippen LogP contribution < -0.4 is 0 Å². The quantitative estimate of drug-likeness (QED) is 0.136. The minimum atomic E-state index is -0.602. The van der Waals surface area contributed by atoms with Crippen molar-refractivity contribution in [1.29, 1.82) is 0 Å². The van der Waals surface area contributed by atoms with E-state index in [1.807, 2.05) is 133 Å². The van der Waals surface area contributed by atoms with Gasteiger partial charge in [-0.25, -0.2) is 29.9 Å². The largest absolute Gasteiger partial charge is 0.309 e. The summed E-state index contributed by atoms with van der Waals surface area (Å²) in [5.74, 6) is 3.88. The summed E-state index contributed by atoms with van der Waals surface area (Å²) in [6, 6.07) is 134. The van der Waals surface area contributed by atoms with Crippen LogP contribution in [0.2, 0.25) is 0 Å². The molecule has 0 atom stereocenters.